The van der Waals surface area contributed by atoms with Gasteiger partial charge in [0.05, 0.1) is 7.11 Å². The van der Waals surface area contributed by atoms with Gasteiger partial charge in [-0.1, -0.05) is 30.3 Å². The Kier molecular flexibility index (Phi) is 6.07. The maximum Gasteiger partial charge on any atom is 0.407 e. The molecule has 1 rings (SSSR count). The molecule has 0 aliphatic heterocycles. The van der Waals surface area contributed by atoms with Crippen molar-refractivity contribution >= 4 is 24.7 Å². The second kappa shape index (κ2) is 7.60. The van der Waals surface area contributed by atoms with Crippen molar-refractivity contribution in [2.75, 3.05) is 13.7 Å². The fourth-order valence-corrected chi connectivity index (χ4v) is 1.37. The third kappa shape index (κ3) is 5.09. The number of amides is 1. The number of benzene rings is 1. The van der Waals surface area contributed by atoms with E-state index in [0.29, 0.717) is 0 Å². The molecule has 0 aliphatic rings. The number of nitrogens with one attached hydrogen (secondary N) is 1. The van der Waals surface area contributed by atoms with Crippen molar-refractivity contribution in [3.63, 3.8) is 0 Å². The number of ether oxygens (including phenoxy) is 2. The molecule has 0 aromatic heterocycles. The fraction of sp³-hybridized carbons (Fsp3) is 0.333. The molecule has 6 heteroatoms. The molecule has 1 atom stereocenters. The van der Waals surface area contributed by atoms with Crippen molar-refractivity contribution in [2.24, 2.45) is 0 Å². The van der Waals surface area contributed by atoms with Crippen LogP contribution in [0.15, 0.2) is 30.3 Å². The summed E-state index contributed by atoms with van der Waals surface area (Å²) in [4.78, 5) is 22.3. The number of hydrogen-bond acceptors (Lipinski definition) is 5. The summed E-state index contributed by atoms with van der Waals surface area (Å²) in [5.74, 6) is -0.498. The summed E-state index contributed by atoms with van der Waals surface area (Å²) < 4.78 is 9.42. The van der Waals surface area contributed by atoms with E-state index in [-0.39, 0.29) is 13.2 Å². The topological polar surface area (TPSA) is 64.6 Å². The standard InChI is InChI=1S/C12H15NO4S/c1-16-11(14)10(18)7-13-12(15)17-8-9-5-3-2-4-6-9/h2-6,10,18H,7-8H2,1H3,(H,13,15). The molecule has 0 bridgehead atoms. The molecular formula is C12H15NO4S. The maximum atomic E-state index is 11.3. The molecule has 18 heavy (non-hydrogen) atoms. The van der Waals surface area contributed by atoms with Crippen LogP contribution < -0.4 is 5.32 Å². The summed E-state index contributed by atoms with van der Waals surface area (Å²) in [6.45, 7) is 0.242. The fourth-order valence-electron chi connectivity index (χ4n) is 1.17. The van der Waals surface area contributed by atoms with E-state index < -0.39 is 17.3 Å². The summed E-state index contributed by atoms with van der Waals surface area (Å²) in [5.41, 5.74) is 0.892. The molecule has 0 aliphatic carbocycles. The van der Waals surface area contributed by atoms with Crippen LogP contribution in [0.1, 0.15) is 5.56 Å². The third-order valence-electron chi connectivity index (χ3n) is 2.13. The molecule has 1 aromatic rings. The molecule has 1 aromatic carbocycles. The van der Waals surface area contributed by atoms with Crippen LogP contribution >= 0.6 is 12.6 Å². The van der Waals surface area contributed by atoms with E-state index in [1.54, 1.807) is 0 Å². The van der Waals surface area contributed by atoms with Gasteiger partial charge in [-0.2, -0.15) is 12.6 Å². The Bertz CT molecular complexity index is 396. The highest BCUT2D eigenvalue weighted by atomic mass is 32.1. The van der Waals surface area contributed by atoms with E-state index in [1.807, 2.05) is 30.3 Å². The monoisotopic (exact) mass is 269 g/mol. The van der Waals surface area contributed by atoms with Crippen LogP contribution in [-0.2, 0) is 20.9 Å². The van der Waals surface area contributed by atoms with E-state index in [9.17, 15) is 9.59 Å². The van der Waals surface area contributed by atoms with Crippen LogP contribution in [0.5, 0.6) is 0 Å². The Labute approximate surface area is 111 Å². The average molecular weight is 269 g/mol. The number of rotatable bonds is 5. The van der Waals surface area contributed by atoms with Gasteiger partial charge >= 0.3 is 12.1 Å². The lowest BCUT2D eigenvalue weighted by Gasteiger charge is -2.10. The highest BCUT2D eigenvalue weighted by molar-refractivity contribution is 7.81. The lowest BCUT2D eigenvalue weighted by Crippen LogP contribution is -2.34. The van der Waals surface area contributed by atoms with Crippen LogP contribution in [0.4, 0.5) is 4.79 Å². The van der Waals surface area contributed by atoms with Crippen molar-refractivity contribution in [3.05, 3.63) is 35.9 Å². The van der Waals surface area contributed by atoms with Gasteiger partial charge in [0.2, 0.25) is 0 Å². The van der Waals surface area contributed by atoms with Crippen LogP contribution in [-0.4, -0.2) is 31.0 Å². The number of esters is 1. The van der Waals surface area contributed by atoms with Gasteiger partial charge in [-0.25, -0.2) is 4.79 Å². The second-order valence-corrected chi connectivity index (χ2v) is 4.10. The Morgan fingerprint density at radius 2 is 2.00 bits per heavy atom. The van der Waals surface area contributed by atoms with Gasteiger partial charge in [0, 0.05) is 6.54 Å². The quantitative estimate of drug-likeness (QED) is 0.626. The molecule has 0 saturated heterocycles. The summed E-state index contributed by atoms with van der Waals surface area (Å²) in [5, 5.41) is 1.73. The number of hydrogen-bond donors (Lipinski definition) is 2. The van der Waals surface area contributed by atoms with Crippen molar-refractivity contribution in [1.29, 1.82) is 0 Å². The number of carbonyl (C=O) groups is 2. The first-order valence-electron chi connectivity index (χ1n) is 5.34. The van der Waals surface area contributed by atoms with Crippen LogP contribution in [0.25, 0.3) is 0 Å². The van der Waals surface area contributed by atoms with Gasteiger partial charge < -0.3 is 14.8 Å². The summed E-state index contributed by atoms with van der Waals surface area (Å²) >= 11 is 3.97. The largest absolute Gasteiger partial charge is 0.468 e. The third-order valence-corrected chi connectivity index (χ3v) is 2.52. The minimum Gasteiger partial charge on any atom is -0.468 e. The number of alkyl carbamates (subject to hydrolysis) is 1. The van der Waals surface area contributed by atoms with Crippen molar-refractivity contribution < 1.29 is 19.1 Å². The minimum atomic E-state index is -0.695. The van der Waals surface area contributed by atoms with E-state index >= 15 is 0 Å². The predicted molar refractivity (Wildman–Crippen MR) is 69.4 cm³/mol. The first kappa shape index (κ1) is 14.4. The minimum absolute atomic E-state index is 0.0589. The summed E-state index contributed by atoms with van der Waals surface area (Å²) in [7, 11) is 1.26. The van der Waals surface area contributed by atoms with E-state index in [0.717, 1.165) is 5.56 Å². The van der Waals surface area contributed by atoms with Gasteiger partial charge in [-0.3, -0.25) is 4.79 Å². The Hall–Kier alpha value is -1.69. The Morgan fingerprint density at radius 1 is 1.33 bits per heavy atom. The molecule has 0 saturated carbocycles. The maximum absolute atomic E-state index is 11.3. The van der Waals surface area contributed by atoms with Gasteiger partial charge in [0.1, 0.15) is 11.9 Å². The van der Waals surface area contributed by atoms with Gasteiger partial charge in [-0.15, -0.1) is 0 Å². The van der Waals surface area contributed by atoms with Crippen molar-refractivity contribution in [1.82, 2.24) is 5.32 Å². The lowest BCUT2D eigenvalue weighted by atomic mass is 10.2. The Balaban J connectivity index is 2.24. The number of methoxy groups -OCH3 is 1. The molecule has 0 spiro atoms. The van der Waals surface area contributed by atoms with Gasteiger partial charge in [0.25, 0.3) is 0 Å². The van der Waals surface area contributed by atoms with Crippen LogP contribution in [0, 0.1) is 0 Å². The molecule has 1 amide bonds. The normalized spacial score (nSPS) is 11.4. The molecule has 0 fully saturated rings. The highest BCUT2D eigenvalue weighted by Gasteiger charge is 2.15. The molecule has 1 unspecified atom stereocenters. The molecule has 98 valence electrons. The number of carbonyl (C=O) groups excluding carboxylic acids is 2. The first-order chi connectivity index (χ1) is 8.63. The van der Waals surface area contributed by atoms with E-state index in [4.69, 9.17) is 4.74 Å². The molecule has 1 N–H and O–H groups in total. The zero-order valence-corrected chi connectivity index (χ0v) is 10.9. The zero-order chi connectivity index (χ0) is 13.4. The van der Waals surface area contributed by atoms with Crippen LogP contribution in [0.3, 0.4) is 0 Å². The molecular weight excluding hydrogens is 254 g/mol. The smallest absolute Gasteiger partial charge is 0.407 e. The van der Waals surface area contributed by atoms with Crippen molar-refractivity contribution in [3.8, 4) is 0 Å². The van der Waals surface area contributed by atoms with Gasteiger partial charge in [-0.05, 0) is 5.56 Å². The number of thiol groups is 1. The SMILES string of the molecule is COC(=O)C(S)CNC(=O)OCc1ccccc1. The zero-order valence-electron chi connectivity index (χ0n) is 9.96. The van der Waals surface area contributed by atoms with Crippen molar-refractivity contribution in [2.45, 2.75) is 11.9 Å². The second-order valence-electron chi connectivity index (χ2n) is 3.48. The molecule has 5 nitrogen and oxygen atoms in total. The lowest BCUT2D eigenvalue weighted by molar-refractivity contribution is -0.139. The first-order valence-corrected chi connectivity index (χ1v) is 5.85. The summed E-state index contributed by atoms with van der Waals surface area (Å²) in [6.07, 6.45) is -0.596. The van der Waals surface area contributed by atoms with E-state index in [2.05, 4.69) is 22.7 Å². The van der Waals surface area contributed by atoms with Crippen LogP contribution in [0.2, 0.25) is 0 Å². The highest BCUT2D eigenvalue weighted by Crippen LogP contribution is 2.01. The predicted octanol–water partition coefficient (Wildman–Crippen LogP) is 1.38. The molecule has 0 heterocycles. The van der Waals surface area contributed by atoms with Gasteiger partial charge in [0.15, 0.2) is 0 Å². The molecule has 0 radical (unpaired) electrons. The average Bonchev–Trinajstić information content (AvgIpc) is 2.42. The Morgan fingerprint density at radius 3 is 2.61 bits per heavy atom. The summed E-state index contributed by atoms with van der Waals surface area (Å²) in [6, 6.07) is 9.30. The van der Waals surface area contributed by atoms with E-state index in [1.165, 1.54) is 7.11 Å².